The average molecular weight is 471 g/mol. The summed E-state index contributed by atoms with van der Waals surface area (Å²) in [6, 6.07) is 9.89. The Labute approximate surface area is 203 Å². The van der Waals surface area contributed by atoms with E-state index in [1.165, 1.54) is 11.6 Å². The summed E-state index contributed by atoms with van der Waals surface area (Å²) in [4.78, 5) is 27.7. The zero-order valence-corrected chi connectivity index (χ0v) is 20.7. The fourth-order valence-corrected chi connectivity index (χ4v) is 3.50. The largest absolute Gasteiger partial charge is 0.340 e. The molecule has 0 unspecified atom stereocenters. The Morgan fingerprint density at radius 3 is 2.55 bits per heavy atom. The number of ketones is 1. The number of amides is 1. The Hall–Kier alpha value is -2.88. The lowest BCUT2D eigenvalue weighted by molar-refractivity contribution is -0.126. The first-order valence-electron chi connectivity index (χ1n) is 11.3. The number of hydrogen-bond donors (Lipinski definition) is 1. The number of nitrogens with one attached hydrogen (secondary N) is 1. The molecule has 0 atom stereocenters. The van der Waals surface area contributed by atoms with Crippen molar-refractivity contribution >= 4 is 23.3 Å². The molecule has 1 heterocycles. The van der Waals surface area contributed by atoms with Crippen LogP contribution < -0.4 is 5.32 Å². The van der Waals surface area contributed by atoms with Crippen molar-refractivity contribution in [1.29, 1.82) is 5.26 Å². The van der Waals surface area contributed by atoms with Crippen LogP contribution >= 0.6 is 11.6 Å². The maximum Gasteiger partial charge on any atom is 0.246 e. The molecule has 7 heteroatoms. The molecule has 1 N–H and O–H groups in total. The van der Waals surface area contributed by atoms with E-state index in [0.717, 1.165) is 30.0 Å². The molecule has 1 amide bonds. The van der Waals surface area contributed by atoms with Crippen LogP contribution in [-0.2, 0) is 16.0 Å². The molecule has 0 spiro atoms. The third-order valence-corrected chi connectivity index (χ3v) is 5.37. The smallest absolute Gasteiger partial charge is 0.246 e. The van der Waals surface area contributed by atoms with Gasteiger partial charge in [-0.15, -0.1) is 0 Å². The second-order valence-corrected chi connectivity index (χ2v) is 7.96. The van der Waals surface area contributed by atoms with Crippen LogP contribution in [0.5, 0.6) is 0 Å². The molecule has 0 saturated carbocycles. The predicted molar refractivity (Wildman–Crippen MR) is 135 cm³/mol. The predicted octanol–water partition coefficient (Wildman–Crippen LogP) is 4.49. The van der Waals surface area contributed by atoms with E-state index in [-0.39, 0.29) is 18.2 Å². The van der Waals surface area contributed by atoms with Gasteiger partial charge >= 0.3 is 0 Å². The summed E-state index contributed by atoms with van der Waals surface area (Å²) < 4.78 is 0. The van der Waals surface area contributed by atoms with Crippen molar-refractivity contribution < 1.29 is 9.59 Å². The van der Waals surface area contributed by atoms with Gasteiger partial charge in [-0.2, -0.15) is 5.26 Å². The van der Waals surface area contributed by atoms with Gasteiger partial charge in [0.25, 0.3) is 0 Å². The molecule has 6 nitrogen and oxygen atoms in total. The van der Waals surface area contributed by atoms with E-state index in [4.69, 9.17) is 16.9 Å². The number of Topliss-reactive ketones (excluding diaryl/α,β-unsaturated/α-hetero) is 1. The average Bonchev–Trinajstić information content (AvgIpc) is 2.80. The molecule has 33 heavy (non-hydrogen) atoms. The van der Waals surface area contributed by atoms with Crippen LogP contribution in [0.3, 0.4) is 0 Å². The number of carbonyl (C=O) groups excluding carboxylic acids is 2. The molecule has 0 aromatic heterocycles. The van der Waals surface area contributed by atoms with E-state index >= 15 is 0 Å². The third-order valence-electron chi connectivity index (χ3n) is 5.00. The number of unbranched alkanes of at least 4 members (excludes halogenated alkanes) is 1. The van der Waals surface area contributed by atoms with Gasteiger partial charge < -0.3 is 15.1 Å². The second kappa shape index (κ2) is 15.8. The monoisotopic (exact) mass is 470 g/mol. The number of hydrogen-bond acceptors (Lipinski definition) is 5. The highest BCUT2D eigenvalue weighted by atomic mass is 35.5. The van der Waals surface area contributed by atoms with Crippen molar-refractivity contribution in [1.82, 2.24) is 15.1 Å². The Balaban J connectivity index is 0.000000502. The van der Waals surface area contributed by atoms with Gasteiger partial charge in [-0.25, -0.2) is 0 Å². The number of piperazine rings is 1. The van der Waals surface area contributed by atoms with E-state index in [0.29, 0.717) is 31.9 Å². The highest BCUT2D eigenvalue weighted by Gasteiger charge is 2.25. The number of benzene rings is 1. The second-order valence-electron chi connectivity index (χ2n) is 7.55. The Morgan fingerprint density at radius 1 is 1.27 bits per heavy atom. The third kappa shape index (κ3) is 10.1. The zero-order valence-electron chi connectivity index (χ0n) is 19.9. The summed E-state index contributed by atoms with van der Waals surface area (Å²) in [5.74, 6) is -0.0655. The van der Waals surface area contributed by atoms with Gasteiger partial charge in [0.2, 0.25) is 5.91 Å². The first-order valence-corrected chi connectivity index (χ1v) is 11.7. The standard InChI is InChI=1S/C18H26N4O2.C8H9Cl/c1-4-5-7-17(16(3)23)22-13-12-21(14-15(22)2)18(24)8-6-10-20-11-9-19;1-2-7-5-3-4-6-8(7)9/h6-8,20H,2,4-5,10-14H2,1,3H3;3-6H,2H2,1H3/b8-6+,17-7-;. The van der Waals surface area contributed by atoms with Gasteiger partial charge in [0.15, 0.2) is 5.78 Å². The number of nitriles is 1. The summed E-state index contributed by atoms with van der Waals surface area (Å²) in [5, 5.41) is 12.2. The number of carbonyl (C=O) groups is 2. The van der Waals surface area contributed by atoms with Crippen LogP contribution in [0.2, 0.25) is 5.02 Å². The number of nitrogens with zero attached hydrogens (tertiary/aromatic N) is 3. The minimum atomic E-state index is -0.0866. The Morgan fingerprint density at radius 2 is 2.00 bits per heavy atom. The van der Waals surface area contributed by atoms with Crippen LogP contribution in [0.15, 0.2) is 60.5 Å². The highest BCUT2D eigenvalue weighted by molar-refractivity contribution is 6.31. The van der Waals surface area contributed by atoms with Gasteiger partial charge in [-0.1, -0.05) is 68.8 Å². The van der Waals surface area contributed by atoms with E-state index in [9.17, 15) is 9.59 Å². The van der Waals surface area contributed by atoms with Crippen LogP contribution in [0.1, 0.15) is 39.2 Å². The topological polar surface area (TPSA) is 76.4 Å². The van der Waals surface area contributed by atoms with Gasteiger partial charge in [0.1, 0.15) is 0 Å². The van der Waals surface area contributed by atoms with E-state index in [2.05, 4.69) is 25.7 Å². The first-order chi connectivity index (χ1) is 15.8. The van der Waals surface area contributed by atoms with Gasteiger partial charge in [0.05, 0.1) is 24.9 Å². The summed E-state index contributed by atoms with van der Waals surface area (Å²) >= 11 is 5.82. The molecule has 1 saturated heterocycles. The van der Waals surface area contributed by atoms with E-state index in [1.54, 1.807) is 17.9 Å². The summed E-state index contributed by atoms with van der Waals surface area (Å²) in [6.45, 7) is 12.0. The van der Waals surface area contributed by atoms with E-state index < -0.39 is 0 Å². The zero-order chi connectivity index (χ0) is 24.6. The molecule has 0 bridgehead atoms. The van der Waals surface area contributed by atoms with Gasteiger partial charge in [-0.05, 0) is 24.5 Å². The van der Waals surface area contributed by atoms with Crippen molar-refractivity contribution in [2.24, 2.45) is 0 Å². The number of aryl methyl sites for hydroxylation is 1. The van der Waals surface area contributed by atoms with Crippen LogP contribution in [0.4, 0.5) is 0 Å². The van der Waals surface area contributed by atoms with Crippen molar-refractivity contribution in [2.75, 3.05) is 32.7 Å². The molecule has 0 radical (unpaired) electrons. The maximum absolute atomic E-state index is 12.2. The van der Waals surface area contributed by atoms with Crippen LogP contribution in [-0.4, -0.2) is 54.2 Å². The molecule has 2 rings (SSSR count). The molecule has 0 aliphatic carbocycles. The van der Waals surface area contributed by atoms with Crippen molar-refractivity contribution in [3.05, 3.63) is 71.1 Å². The summed E-state index contributed by atoms with van der Waals surface area (Å²) in [5.41, 5.74) is 2.65. The Kier molecular flexibility index (Phi) is 13.5. The molecule has 1 aromatic carbocycles. The van der Waals surface area contributed by atoms with Gasteiger partial charge in [0, 0.05) is 43.4 Å². The maximum atomic E-state index is 12.2. The highest BCUT2D eigenvalue weighted by Crippen LogP contribution is 2.19. The number of allylic oxidation sites excluding steroid dienone is 2. The fourth-order valence-electron chi connectivity index (χ4n) is 3.23. The van der Waals surface area contributed by atoms with E-state index in [1.807, 2.05) is 41.3 Å². The number of halogens is 1. The normalized spacial score (nSPS) is 14.0. The summed E-state index contributed by atoms with van der Waals surface area (Å²) in [7, 11) is 0. The first kappa shape index (κ1) is 28.2. The quantitative estimate of drug-likeness (QED) is 0.327. The van der Waals surface area contributed by atoms with Gasteiger partial charge in [-0.3, -0.25) is 9.59 Å². The lowest BCUT2D eigenvalue weighted by Gasteiger charge is -2.38. The molecule has 1 aliphatic heterocycles. The van der Waals surface area contributed by atoms with Crippen molar-refractivity contribution in [2.45, 2.75) is 40.0 Å². The SMILES string of the molecule is C=C1CN(C(=O)/C=C/CNCC#N)CCN1/C(=C\CCC)C(C)=O.CCc1ccccc1Cl. The van der Waals surface area contributed by atoms with Crippen molar-refractivity contribution in [3.63, 3.8) is 0 Å². The molecule has 1 aliphatic rings. The molecule has 1 aromatic rings. The Bertz CT molecular complexity index is 902. The van der Waals surface area contributed by atoms with Crippen molar-refractivity contribution in [3.8, 4) is 6.07 Å². The van der Waals surface area contributed by atoms with Crippen LogP contribution in [0, 0.1) is 11.3 Å². The summed E-state index contributed by atoms with van der Waals surface area (Å²) in [6.07, 6.45) is 8.00. The van der Waals surface area contributed by atoms with Crippen LogP contribution in [0.25, 0.3) is 0 Å². The lowest BCUT2D eigenvalue weighted by atomic mass is 10.1. The molecular weight excluding hydrogens is 436 g/mol. The molecule has 1 fully saturated rings. The minimum Gasteiger partial charge on any atom is -0.340 e. The molecule has 178 valence electrons. The lowest BCUT2D eigenvalue weighted by Crippen LogP contribution is -2.46. The fraction of sp³-hybridized carbons (Fsp3) is 0.423. The minimum absolute atomic E-state index is 0.0211. The molecular formula is C26H35ClN4O2. The number of rotatable bonds is 9.